The molecule has 0 saturated carbocycles. The smallest absolute Gasteiger partial charge is 0.191 e. The van der Waals surface area contributed by atoms with E-state index in [-0.39, 0.29) is 40.7 Å². The van der Waals surface area contributed by atoms with E-state index in [0.29, 0.717) is 25.5 Å². The van der Waals surface area contributed by atoms with Crippen molar-refractivity contribution in [3.8, 4) is 0 Å². The third kappa shape index (κ3) is 12.5. The average Bonchev–Trinajstić information content (AvgIpc) is 2.36. The maximum Gasteiger partial charge on any atom is 0.191 e. The van der Waals surface area contributed by atoms with E-state index in [9.17, 15) is 8.42 Å². The first-order valence-electron chi connectivity index (χ1n) is 7.08. The zero-order chi connectivity index (χ0) is 16.7. The molecule has 0 aromatic heterocycles. The lowest BCUT2D eigenvalue weighted by molar-refractivity contribution is 0.0268. The van der Waals surface area contributed by atoms with Gasteiger partial charge in [-0.15, -0.1) is 24.0 Å². The van der Waals surface area contributed by atoms with Gasteiger partial charge in [0, 0.05) is 33.5 Å². The lowest BCUT2D eigenvalue weighted by Gasteiger charge is -2.28. The Hall–Kier alpha value is -0.0900. The van der Waals surface area contributed by atoms with Gasteiger partial charge < -0.3 is 15.4 Å². The highest BCUT2D eigenvalue weighted by Gasteiger charge is 2.21. The fourth-order valence-corrected chi connectivity index (χ4v) is 2.39. The number of ether oxygens (including phenoxy) is 1. The van der Waals surface area contributed by atoms with Crippen molar-refractivity contribution in [2.75, 3.05) is 39.3 Å². The third-order valence-electron chi connectivity index (χ3n) is 3.34. The molecule has 8 heteroatoms. The van der Waals surface area contributed by atoms with Crippen LogP contribution in [0, 0.1) is 5.41 Å². The largest absolute Gasteiger partial charge is 0.377 e. The number of guanidine groups is 1. The van der Waals surface area contributed by atoms with Crippen LogP contribution >= 0.6 is 24.0 Å². The van der Waals surface area contributed by atoms with Gasteiger partial charge in [0.05, 0.1) is 11.4 Å². The predicted octanol–water partition coefficient (Wildman–Crippen LogP) is 1.66. The van der Waals surface area contributed by atoms with Gasteiger partial charge in [0.1, 0.15) is 9.84 Å². The summed E-state index contributed by atoms with van der Waals surface area (Å²) in [7, 11) is 0.455. The van der Waals surface area contributed by atoms with Gasteiger partial charge in [0.15, 0.2) is 5.96 Å². The maximum absolute atomic E-state index is 11.2. The molecule has 0 aliphatic heterocycles. The van der Waals surface area contributed by atoms with Crippen LogP contribution in [0.2, 0.25) is 0 Å². The van der Waals surface area contributed by atoms with E-state index in [0.717, 1.165) is 0 Å². The Morgan fingerprint density at radius 1 is 1.14 bits per heavy atom. The standard InChI is InChI=1S/C14H31N3O3S.HI/c1-13(2,8-9-21(7,18)19)10-16-12(15-5)17-11-14(3,4)20-6;/h8-11H2,1-7H3,(H2,15,16,17);1H. The van der Waals surface area contributed by atoms with Gasteiger partial charge >= 0.3 is 0 Å². The third-order valence-corrected chi connectivity index (χ3v) is 4.29. The second-order valence-corrected chi connectivity index (χ2v) is 9.05. The molecule has 0 saturated heterocycles. The highest BCUT2D eigenvalue weighted by atomic mass is 127. The zero-order valence-corrected chi connectivity index (χ0v) is 18.0. The summed E-state index contributed by atoms with van der Waals surface area (Å²) in [5.41, 5.74) is -0.402. The Balaban J connectivity index is 0. The van der Waals surface area contributed by atoms with E-state index >= 15 is 0 Å². The number of hydrogen-bond acceptors (Lipinski definition) is 4. The Labute approximate surface area is 152 Å². The van der Waals surface area contributed by atoms with Crippen molar-refractivity contribution >= 4 is 39.8 Å². The van der Waals surface area contributed by atoms with Crippen LogP contribution in [-0.4, -0.2) is 59.2 Å². The highest BCUT2D eigenvalue weighted by Crippen LogP contribution is 2.19. The number of halogens is 1. The van der Waals surface area contributed by atoms with E-state index in [1.807, 2.05) is 27.7 Å². The molecule has 0 unspecified atom stereocenters. The Kier molecular flexibility index (Phi) is 10.9. The summed E-state index contributed by atoms with van der Waals surface area (Å²) in [5.74, 6) is 0.886. The topological polar surface area (TPSA) is 79.8 Å². The van der Waals surface area contributed by atoms with Gasteiger partial charge in [0.25, 0.3) is 0 Å². The molecule has 0 spiro atoms. The number of sulfone groups is 1. The van der Waals surface area contributed by atoms with E-state index in [1.165, 1.54) is 6.26 Å². The van der Waals surface area contributed by atoms with Crippen LogP contribution in [0.5, 0.6) is 0 Å². The molecule has 0 heterocycles. The molecule has 0 aliphatic carbocycles. The second-order valence-electron chi connectivity index (χ2n) is 6.79. The molecule has 0 rings (SSSR count). The van der Waals surface area contributed by atoms with Gasteiger partial charge in [-0.3, -0.25) is 4.99 Å². The van der Waals surface area contributed by atoms with Crippen molar-refractivity contribution in [1.82, 2.24) is 10.6 Å². The van der Waals surface area contributed by atoms with Crippen LogP contribution in [0.15, 0.2) is 4.99 Å². The molecule has 0 bridgehead atoms. The SMILES string of the molecule is CN=C(NCC(C)(C)CCS(C)(=O)=O)NCC(C)(C)OC.I. The van der Waals surface area contributed by atoms with Gasteiger partial charge in [-0.2, -0.15) is 0 Å². The molecule has 0 radical (unpaired) electrons. The quantitative estimate of drug-likeness (QED) is 0.335. The molecular weight excluding hydrogens is 417 g/mol. The molecule has 0 aromatic carbocycles. The summed E-state index contributed by atoms with van der Waals surface area (Å²) in [6, 6.07) is 0. The highest BCUT2D eigenvalue weighted by molar-refractivity contribution is 14.0. The molecule has 0 fully saturated rings. The normalized spacial score (nSPS) is 13.5. The van der Waals surface area contributed by atoms with Crippen LogP contribution in [0.3, 0.4) is 0 Å². The Morgan fingerprint density at radius 2 is 1.64 bits per heavy atom. The van der Waals surface area contributed by atoms with Gasteiger partial charge in [0.2, 0.25) is 0 Å². The molecule has 0 aromatic rings. The molecule has 0 amide bonds. The summed E-state index contributed by atoms with van der Waals surface area (Å²) in [4.78, 5) is 4.16. The van der Waals surface area contributed by atoms with E-state index in [1.54, 1.807) is 14.2 Å². The van der Waals surface area contributed by atoms with Gasteiger partial charge in [-0.25, -0.2) is 8.42 Å². The molecular formula is C14H32IN3O3S. The van der Waals surface area contributed by atoms with Crippen LogP contribution in [0.25, 0.3) is 0 Å². The van der Waals surface area contributed by atoms with Crippen molar-refractivity contribution in [3.05, 3.63) is 0 Å². The maximum atomic E-state index is 11.2. The first-order chi connectivity index (χ1) is 9.41. The number of aliphatic imine (C=N–C) groups is 1. The first-order valence-corrected chi connectivity index (χ1v) is 9.14. The van der Waals surface area contributed by atoms with Crippen molar-refractivity contribution in [1.29, 1.82) is 0 Å². The number of hydrogen-bond donors (Lipinski definition) is 2. The number of methoxy groups -OCH3 is 1. The summed E-state index contributed by atoms with van der Waals surface area (Å²) in [6.45, 7) is 9.34. The number of rotatable bonds is 8. The van der Waals surface area contributed by atoms with Crippen molar-refractivity contribution in [2.45, 2.75) is 39.7 Å². The molecule has 22 heavy (non-hydrogen) atoms. The monoisotopic (exact) mass is 449 g/mol. The lowest BCUT2D eigenvalue weighted by atomic mass is 9.90. The molecule has 6 nitrogen and oxygen atoms in total. The minimum absolute atomic E-state index is 0. The fourth-order valence-electron chi connectivity index (χ4n) is 1.46. The van der Waals surface area contributed by atoms with Crippen molar-refractivity contribution in [2.24, 2.45) is 10.4 Å². The van der Waals surface area contributed by atoms with E-state index in [4.69, 9.17) is 4.74 Å². The van der Waals surface area contributed by atoms with Crippen LogP contribution in [-0.2, 0) is 14.6 Å². The summed E-state index contributed by atoms with van der Waals surface area (Å²) >= 11 is 0. The van der Waals surface area contributed by atoms with E-state index < -0.39 is 9.84 Å². The molecule has 134 valence electrons. The van der Waals surface area contributed by atoms with Gasteiger partial charge in [-0.05, 0) is 25.7 Å². The average molecular weight is 449 g/mol. The van der Waals surface area contributed by atoms with Crippen molar-refractivity contribution in [3.63, 3.8) is 0 Å². The Morgan fingerprint density at radius 3 is 2.05 bits per heavy atom. The van der Waals surface area contributed by atoms with E-state index in [2.05, 4.69) is 15.6 Å². The summed E-state index contributed by atoms with van der Waals surface area (Å²) in [6.07, 6.45) is 1.88. The summed E-state index contributed by atoms with van der Waals surface area (Å²) < 4.78 is 27.8. The Bertz CT molecular complexity index is 448. The van der Waals surface area contributed by atoms with Crippen molar-refractivity contribution < 1.29 is 13.2 Å². The minimum Gasteiger partial charge on any atom is -0.377 e. The number of nitrogens with zero attached hydrogens (tertiary/aromatic N) is 1. The first kappa shape index (κ1) is 24.2. The lowest BCUT2D eigenvalue weighted by Crippen LogP contribution is -2.47. The van der Waals surface area contributed by atoms with Crippen LogP contribution < -0.4 is 10.6 Å². The molecule has 0 aliphatic rings. The minimum atomic E-state index is -2.92. The zero-order valence-electron chi connectivity index (χ0n) is 14.8. The number of nitrogens with one attached hydrogen (secondary N) is 2. The molecule has 2 N–H and O–H groups in total. The second kappa shape index (κ2) is 9.92. The van der Waals surface area contributed by atoms with Crippen LogP contribution in [0.4, 0.5) is 0 Å². The molecule has 0 atom stereocenters. The van der Waals surface area contributed by atoms with Gasteiger partial charge in [-0.1, -0.05) is 13.8 Å². The van der Waals surface area contributed by atoms with Crippen LogP contribution in [0.1, 0.15) is 34.1 Å². The summed E-state index contributed by atoms with van der Waals surface area (Å²) in [5, 5.41) is 6.43. The fraction of sp³-hybridized carbons (Fsp3) is 0.929. The predicted molar refractivity (Wildman–Crippen MR) is 104 cm³/mol.